The van der Waals surface area contributed by atoms with Crippen LogP contribution in [0.25, 0.3) is 0 Å². The standard InChI is InChI=1S/C10H14FN3O2/c11-8-4-3-5-9(10(8)14(15)16)13-7-2-1-6-12/h3-5,13H,1-2,6-7,12H2. The first-order valence-corrected chi connectivity index (χ1v) is 5.03. The fourth-order valence-electron chi connectivity index (χ4n) is 1.34. The van der Waals surface area contributed by atoms with Crippen molar-refractivity contribution < 1.29 is 9.31 Å². The first-order valence-electron chi connectivity index (χ1n) is 5.03. The van der Waals surface area contributed by atoms with Gasteiger partial charge >= 0.3 is 5.69 Å². The normalized spacial score (nSPS) is 10.1. The number of rotatable bonds is 6. The SMILES string of the molecule is NCCCCNc1cccc(F)c1[N+](=O)[O-]. The minimum Gasteiger partial charge on any atom is -0.379 e. The summed E-state index contributed by atoms with van der Waals surface area (Å²) in [5, 5.41) is 13.5. The lowest BCUT2D eigenvalue weighted by Gasteiger charge is -2.06. The van der Waals surface area contributed by atoms with Gasteiger partial charge in [-0.15, -0.1) is 0 Å². The van der Waals surface area contributed by atoms with Gasteiger partial charge in [0.2, 0.25) is 5.82 Å². The van der Waals surface area contributed by atoms with Crippen molar-refractivity contribution in [3.8, 4) is 0 Å². The number of unbranched alkanes of at least 4 members (excludes halogenated alkanes) is 1. The molecule has 0 saturated heterocycles. The summed E-state index contributed by atoms with van der Waals surface area (Å²) in [5.41, 5.74) is 5.02. The Morgan fingerprint density at radius 1 is 1.44 bits per heavy atom. The maximum absolute atomic E-state index is 13.2. The zero-order valence-electron chi connectivity index (χ0n) is 8.78. The van der Waals surface area contributed by atoms with Crippen LogP contribution in [0, 0.1) is 15.9 Å². The predicted molar refractivity (Wildman–Crippen MR) is 59.8 cm³/mol. The molecule has 5 nitrogen and oxygen atoms in total. The lowest BCUT2D eigenvalue weighted by atomic mass is 10.2. The Hall–Kier alpha value is -1.69. The van der Waals surface area contributed by atoms with E-state index in [1.165, 1.54) is 12.1 Å². The maximum atomic E-state index is 13.2. The summed E-state index contributed by atoms with van der Waals surface area (Å²) in [7, 11) is 0. The third-order valence-electron chi connectivity index (χ3n) is 2.12. The molecule has 1 aromatic carbocycles. The van der Waals surface area contributed by atoms with Crippen LogP contribution in [0.1, 0.15) is 12.8 Å². The molecule has 6 heteroatoms. The number of nitrogens with zero attached hydrogens (tertiary/aromatic N) is 1. The summed E-state index contributed by atoms with van der Waals surface area (Å²) >= 11 is 0. The largest absolute Gasteiger partial charge is 0.379 e. The summed E-state index contributed by atoms with van der Waals surface area (Å²) in [6.45, 7) is 1.12. The van der Waals surface area contributed by atoms with Crippen molar-refractivity contribution in [1.29, 1.82) is 0 Å². The number of nitrogens with two attached hydrogens (primary N) is 1. The quantitative estimate of drug-likeness (QED) is 0.441. The zero-order valence-corrected chi connectivity index (χ0v) is 8.78. The number of hydrogen-bond acceptors (Lipinski definition) is 4. The Morgan fingerprint density at radius 3 is 2.81 bits per heavy atom. The van der Waals surface area contributed by atoms with Gasteiger partial charge in [-0.05, 0) is 31.5 Å². The van der Waals surface area contributed by atoms with Crippen molar-refractivity contribution in [3.05, 3.63) is 34.1 Å². The van der Waals surface area contributed by atoms with Crippen molar-refractivity contribution in [2.45, 2.75) is 12.8 Å². The Labute approximate surface area is 92.6 Å². The van der Waals surface area contributed by atoms with Crippen molar-refractivity contribution >= 4 is 11.4 Å². The summed E-state index contributed by atoms with van der Waals surface area (Å²) in [6.07, 6.45) is 1.63. The average Bonchev–Trinajstić information content (AvgIpc) is 2.24. The summed E-state index contributed by atoms with van der Waals surface area (Å²) in [6, 6.07) is 4.00. The monoisotopic (exact) mass is 227 g/mol. The third kappa shape index (κ3) is 3.16. The lowest BCUT2D eigenvalue weighted by Crippen LogP contribution is -2.07. The van der Waals surface area contributed by atoms with E-state index in [-0.39, 0.29) is 5.69 Å². The van der Waals surface area contributed by atoms with Crippen LogP contribution < -0.4 is 11.1 Å². The molecule has 0 aliphatic rings. The molecule has 0 atom stereocenters. The average molecular weight is 227 g/mol. The molecule has 1 rings (SSSR count). The molecule has 0 fully saturated rings. The fourth-order valence-corrected chi connectivity index (χ4v) is 1.34. The molecule has 0 amide bonds. The second kappa shape index (κ2) is 6.02. The van der Waals surface area contributed by atoms with Crippen molar-refractivity contribution in [3.63, 3.8) is 0 Å². The van der Waals surface area contributed by atoms with Crippen LogP contribution in [0.3, 0.4) is 0 Å². The number of halogens is 1. The van der Waals surface area contributed by atoms with Crippen LogP contribution in [-0.4, -0.2) is 18.0 Å². The number of hydrogen-bond donors (Lipinski definition) is 2. The molecule has 0 radical (unpaired) electrons. The third-order valence-corrected chi connectivity index (χ3v) is 2.12. The number of nitro groups is 1. The molecule has 88 valence electrons. The van der Waals surface area contributed by atoms with Gasteiger partial charge in [-0.2, -0.15) is 4.39 Å². The van der Waals surface area contributed by atoms with E-state index in [4.69, 9.17) is 5.73 Å². The van der Waals surface area contributed by atoms with Crippen molar-refractivity contribution in [2.75, 3.05) is 18.4 Å². The molecular weight excluding hydrogens is 213 g/mol. The van der Waals surface area contributed by atoms with Crippen LogP contribution in [-0.2, 0) is 0 Å². The van der Waals surface area contributed by atoms with E-state index in [0.29, 0.717) is 13.1 Å². The Morgan fingerprint density at radius 2 is 2.19 bits per heavy atom. The highest BCUT2D eigenvalue weighted by atomic mass is 19.1. The van der Waals surface area contributed by atoms with Gasteiger partial charge in [-0.25, -0.2) is 0 Å². The molecule has 0 heterocycles. The molecule has 0 aliphatic carbocycles. The molecule has 1 aromatic rings. The van der Waals surface area contributed by atoms with Crippen LogP contribution >= 0.6 is 0 Å². The van der Waals surface area contributed by atoms with Crippen molar-refractivity contribution in [1.82, 2.24) is 0 Å². The molecule has 16 heavy (non-hydrogen) atoms. The molecule has 0 saturated carbocycles. The Bertz CT molecular complexity index is 371. The van der Waals surface area contributed by atoms with E-state index in [2.05, 4.69) is 5.32 Å². The summed E-state index contributed by atoms with van der Waals surface area (Å²) < 4.78 is 13.2. The van der Waals surface area contributed by atoms with E-state index < -0.39 is 16.4 Å². The minimum absolute atomic E-state index is 0.210. The smallest absolute Gasteiger partial charge is 0.327 e. The number of anilines is 1. The lowest BCUT2D eigenvalue weighted by molar-refractivity contribution is -0.386. The Balaban J connectivity index is 2.71. The molecule has 0 aromatic heterocycles. The van der Waals surface area contributed by atoms with E-state index in [1.807, 2.05) is 0 Å². The number of nitrogens with one attached hydrogen (secondary N) is 1. The number of para-hydroxylation sites is 1. The number of benzene rings is 1. The topological polar surface area (TPSA) is 81.2 Å². The van der Waals surface area contributed by atoms with Gasteiger partial charge in [0.25, 0.3) is 0 Å². The van der Waals surface area contributed by atoms with E-state index in [0.717, 1.165) is 18.9 Å². The van der Waals surface area contributed by atoms with Crippen LogP contribution in [0.15, 0.2) is 18.2 Å². The van der Waals surface area contributed by atoms with Crippen LogP contribution in [0.2, 0.25) is 0 Å². The van der Waals surface area contributed by atoms with Gasteiger partial charge < -0.3 is 11.1 Å². The second-order valence-corrected chi connectivity index (χ2v) is 3.32. The molecular formula is C10H14FN3O2. The first-order chi connectivity index (χ1) is 7.66. The Kier molecular flexibility index (Phi) is 4.65. The zero-order chi connectivity index (χ0) is 12.0. The van der Waals surface area contributed by atoms with Crippen molar-refractivity contribution in [2.24, 2.45) is 5.73 Å². The fraction of sp³-hybridized carbons (Fsp3) is 0.400. The predicted octanol–water partition coefficient (Wildman–Crippen LogP) is 1.88. The molecule has 0 spiro atoms. The highest BCUT2D eigenvalue weighted by Crippen LogP contribution is 2.26. The van der Waals surface area contributed by atoms with Crippen LogP contribution in [0.5, 0.6) is 0 Å². The molecule has 0 bridgehead atoms. The van der Waals surface area contributed by atoms with E-state index in [9.17, 15) is 14.5 Å². The van der Waals surface area contributed by atoms with E-state index >= 15 is 0 Å². The number of nitro benzene ring substituents is 1. The molecule has 0 aliphatic heterocycles. The van der Waals surface area contributed by atoms with Gasteiger partial charge in [-0.3, -0.25) is 10.1 Å². The first kappa shape index (κ1) is 12.4. The maximum Gasteiger partial charge on any atom is 0.327 e. The molecule has 3 N–H and O–H groups in total. The van der Waals surface area contributed by atoms with Gasteiger partial charge in [0, 0.05) is 6.54 Å². The van der Waals surface area contributed by atoms with Gasteiger partial charge in [-0.1, -0.05) is 6.07 Å². The molecule has 0 unspecified atom stereocenters. The summed E-state index contributed by atoms with van der Waals surface area (Å²) in [4.78, 5) is 9.92. The van der Waals surface area contributed by atoms with Gasteiger partial charge in [0.1, 0.15) is 5.69 Å². The second-order valence-electron chi connectivity index (χ2n) is 3.32. The highest BCUT2D eigenvalue weighted by Gasteiger charge is 2.18. The summed E-state index contributed by atoms with van der Waals surface area (Å²) in [5.74, 6) is -0.825. The van der Waals surface area contributed by atoms with E-state index in [1.54, 1.807) is 0 Å². The van der Waals surface area contributed by atoms with Gasteiger partial charge in [0.15, 0.2) is 0 Å². The van der Waals surface area contributed by atoms with Gasteiger partial charge in [0.05, 0.1) is 4.92 Å². The highest BCUT2D eigenvalue weighted by molar-refractivity contribution is 5.61. The van der Waals surface area contributed by atoms with Crippen LogP contribution in [0.4, 0.5) is 15.8 Å². The minimum atomic E-state index is -0.825.